The van der Waals surface area contributed by atoms with Crippen molar-refractivity contribution in [3.63, 3.8) is 0 Å². The number of hydrogen-bond acceptors (Lipinski definition) is 2. The Balaban J connectivity index is 1.74. The number of rotatable bonds is 3. The van der Waals surface area contributed by atoms with Gasteiger partial charge in [-0.2, -0.15) is 0 Å². The maximum absolute atomic E-state index is 11.6. The van der Waals surface area contributed by atoms with E-state index in [-0.39, 0.29) is 5.56 Å². The summed E-state index contributed by atoms with van der Waals surface area (Å²) in [5.41, 5.74) is 4.25. The summed E-state index contributed by atoms with van der Waals surface area (Å²) >= 11 is 0. The highest BCUT2D eigenvalue weighted by molar-refractivity contribution is 5.33. The van der Waals surface area contributed by atoms with Crippen LogP contribution in [-0.4, -0.2) is 11.1 Å². The van der Waals surface area contributed by atoms with E-state index in [9.17, 15) is 4.79 Å². The summed E-state index contributed by atoms with van der Waals surface area (Å²) in [5.74, 6) is 0. The minimum atomic E-state index is 0.0738. The second kappa shape index (κ2) is 5.41. The Kier molecular flexibility index (Phi) is 3.47. The van der Waals surface area contributed by atoms with Crippen molar-refractivity contribution in [2.45, 2.75) is 25.9 Å². The molecular formula is C16H18N2O. The molecule has 1 aliphatic rings. The maximum atomic E-state index is 11.6. The Morgan fingerprint density at radius 2 is 2.11 bits per heavy atom. The Morgan fingerprint density at radius 1 is 1.16 bits per heavy atom. The van der Waals surface area contributed by atoms with Crippen molar-refractivity contribution in [1.82, 2.24) is 9.88 Å². The van der Waals surface area contributed by atoms with Crippen molar-refractivity contribution in [1.29, 1.82) is 0 Å². The van der Waals surface area contributed by atoms with Gasteiger partial charge >= 0.3 is 0 Å². The van der Waals surface area contributed by atoms with E-state index in [1.807, 2.05) is 12.3 Å². The SMILES string of the molecule is O=c1ccccn1CCc1ccc2c(c1)CCNC2. The highest BCUT2D eigenvalue weighted by Crippen LogP contribution is 2.16. The molecule has 0 aliphatic carbocycles. The van der Waals surface area contributed by atoms with Crippen LogP contribution in [0.2, 0.25) is 0 Å². The quantitative estimate of drug-likeness (QED) is 0.905. The van der Waals surface area contributed by atoms with E-state index in [2.05, 4.69) is 23.5 Å². The van der Waals surface area contributed by atoms with Gasteiger partial charge in [-0.3, -0.25) is 4.79 Å². The molecule has 3 heteroatoms. The Bertz CT molecular complexity index is 631. The van der Waals surface area contributed by atoms with Crippen LogP contribution < -0.4 is 10.9 Å². The van der Waals surface area contributed by atoms with E-state index in [1.54, 1.807) is 16.7 Å². The number of aryl methyl sites for hydroxylation is 2. The van der Waals surface area contributed by atoms with Crippen molar-refractivity contribution in [2.75, 3.05) is 6.54 Å². The van der Waals surface area contributed by atoms with Crippen LogP contribution in [0, 0.1) is 0 Å². The lowest BCUT2D eigenvalue weighted by Crippen LogP contribution is -2.23. The van der Waals surface area contributed by atoms with Gasteiger partial charge in [0.1, 0.15) is 0 Å². The fourth-order valence-corrected chi connectivity index (χ4v) is 2.58. The van der Waals surface area contributed by atoms with Gasteiger partial charge in [0, 0.05) is 25.4 Å². The van der Waals surface area contributed by atoms with E-state index in [0.29, 0.717) is 0 Å². The molecule has 2 heterocycles. The number of pyridine rings is 1. The summed E-state index contributed by atoms with van der Waals surface area (Å²) < 4.78 is 1.76. The average molecular weight is 254 g/mol. The molecule has 3 nitrogen and oxygen atoms in total. The number of nitrogens with zero attached hydrogens (tertiary/aromatic N) is 1. The third-order valence-electron chi connectivity index (χ3n) is 3.70. The van der Waals surface area contributed by atoms with Crippen LogP contribution >= 0.6 is 0 Å². The van der Waals surface area contributed by atoms with E-state index in [1.165, 1.54) is 16.7 Å². The Morgan fingerprint density at radius 3 is 3.00 bits per heavy atom. The first-order valence-corrected chi connectivity index (χ1v) is 6.80. The molecule has 0 saturated heterocycles. The third-order valence-corrected chi connectivity index (χ3v) is 3.70. The van der Waals surface area contributed by atoms with Crippen LogP contribution in [0.15, 0.2) is 47.4 Å². The topological polar surface area (TPSA) is 34.0 Å². The minimum absolute atomic E-state index is 0.0738. The number of aromatic nitrogens is 1. The zero-order valence-electron chi connectivity index (χ0n) is 10.9. The molecule has 0 atom stereocenters. The molecule has 1 aliphatic heterocycles. The predicted octanol–water partition coefficient (Wildman–Crippen LogP) is 1.74. The fourth-order valence-electron chi connectivity index (χ4n) is 2.58. The van der Waals surface area contributed by atoms with Gasteiger partial charge in [-0.15, -0.1) is 0 Å². The van der Waals surface area contributed by atoms with Crippen molar-refractivity contribution < 1.29 is 0 Å². The van der Waals surface area contributed by atoms with Gasteiger partial charge in [0.2, 0.25) is 0 Å². The molecule has 0 spiro atoms. The second-order valence-electron chi connectivity index (χ2n) is 5.01. The monoisotopic (exact) mass is 254 g/mol. The normalized spacial score (nSPS) is 14.1. The standard InChI is InChI=1S/C16H18N2O/c19-16-3-1-2-9-18(16)10-7-13-4-5-15-12-17-8-6-14(15)11-13/h1-5,9,11,17H,6-8,10,12H2. The van der Waals surface area contributed by atoms with Crippen molar-refractivity contribution in [3.8, 4) is 0 Å². The van der Waals surface area contributed by atoms with E-state index in [4.69, 9.17) is 0 Å². The van der Waals surface area contributed by atoms with E-state index < -0.39 is 0 Å². The summed E-state index contributed by atoms with van der Waals surface area (Å²) in [5, 5.41) is 3.38. The molecule has 0 unspecified atom stereocenters. The highest BCUT2D eigenvalue weighted by Gasteiger charge is 2.08. The van der Waals surface area contributed by atoms with Crippen molar-refractivity contribution in [3.05, 3.63) is 69.6 Å². The lowest BCUT2D eigenvalue weighted by molar-refractivity contribution is 0.638. The fraction of sp³-hybridized carbons (Fsp3) is 0.312. The van der Waals surface area contributed by atoms with Crippen molar-refractivity contribution in [2.24, 2.45) is 0 Å². The number of nitrogens with one attached hydrogen (secondary N) is 1. The largest absolute Gasteiger partial charge is 0.315 e. The molecule has 1 N–H and O–H groups in total. The number of benzene rings is 1. The first-order valence-electron chi connectivity index (χ1n) is 6.80. The summed E-state index contributed by atoms with van der Waals surface area (Å²) in [6.07, 6.45) is 3.86. The van der Waals surface area contributed by atoms with Crippen LogP contribution in [0.25, 0.3) is 0 Å². The van der Waals surface area contributed by atoms with Crippen molar-refractivity contribution >= 4 is 0 Å². The molecule has 0 bridgehead atoms. The van der Waals surface area contributed by atoms with Gasteiger partial charge in [0.05, 0.1) is 0 Å². The molecule has 1 aromatic carbocycles. The second-order valence-corrected chi connectivity index (χ2v) is 5.01. The van der Waals surface area contributed by atoms with Gasteiger partial charge in [-0.25, -0.2) is 0 Å². The molecule has 19 heavy (non-hydrogen) atoms. The first-order chi connectivity index (χ1) is 9.33. The molecule has 0 fully saturated rings. The molecule has 2 aromatic rings. The van der Waals surface area contributed by atoms with Crippen LogP contribution in [0.5, 0.6) is 0 Å². The molecule has 0 amide bonds. The smallest absolute Gasteiger partial charge is 0.250 e. The molecule has 0 radical (unpaired) electrons. The number of hydrogen-bond donors (Lipinski definition) is 1. The molecule has 98 valence electrons. The minimum Gasteiger partial charge on any atom is -0.315 e. The molecule has 1 aromatic heterocycles. The molecule has 0 saturated carbocycles. The van der Waals surface area contributed by atoms with E-state index in [0.717, 1.165) is 32.5 Å². The van der Waals surface area contributed by atoms with Crippen LogP contribution in [0.4, 0.5) is 0 Å². The lowest BCUT2D eigenvalue weighted by Gasteiger charge is -2.18. The zero-order valence-corrected chi connectivity index (χ0v) is 10.9. The van der Waals surface area contributed by atoms with Gasteiger partial charge in [0.25, 0.3) is 5.56 Å². The molecule has 3 rings (SSSR count). The molecular weight excluding hydrogens is 236 g/mol. The van der Waals surface area contributed by atoms with Gasteiger partial charge in [-0.05, 0) is 42.1 Å². The Hall–Kier alpha value is -1.87. The number of fused-ring (bicyclic) bond motifs is 1. The van der Waals surface area contributed by atoms with E-state index >= 15 is 0 Å². The summed E-state index contributed by atoms with van der Waals surface area (Å²) in [7, 11) is 0. The van der Waals surface area contributed by atoms with Crippen LogP contribution in [0.1, 0.15) is 16.7 Å². The Labute approximate surface area is 112 Å². The highest BCUT2D eigenvalue weighted by atomic mass is 16.1. The third kappa shape index (κ3) is 2.76. The van der Waals surface area contributed by atoms with Gasteiger partial charge in [-0.1, -0.05) is 24.3 Å². The van der Waals surface area contributed by atoms with Crippen LogP contribution in [0.3, 0.4) is 0 Å². The zero-order chi connectivity index (χ0) is 13.1. The first kappa shape index (κ1) is 12.2. The summed E-state index contributed by atoms with van der Waals surface area (Å²) in [4.78, 5) is 11.6. The van der Waals surface area contributed by atoms with Crippen LogP contribution in [-0.2, 0) is 25.9 Å². The maximum Gasteiger partial charge on any atom is 0.250 e. The predicted molar refractivity (Wildman–Crippen MR) is 76.3 cm³/mol. The lowest BCUT2D eigenvalue weighted by atomic mass is 9.97. The average Bonchev–Trinajstić information content (AvgIpc) is 2.46. The summed E-state index contributed by atoms with van der Waals surface area (Å²) in [6, 6.07) is 12.0. The van der Waals surface area contributed by atoms with Gasteiger partial charge in [0.15, 0.2) is 0 Å². The van der Waals surface area contributed by atoms with Gasteiger partial charge < -0.3 is 9.88 Å². The summed E-state index contributed by atoms with van der Waals surface area (Å²) in [6.45, 7) is 2.79.